The van der Waals surface area contributed by atoms with E-state index in [-0.39, 0.29) is 11.9 Å². The van der Waals surface area contributed by atoms with Gasteiger partial charge in [-0.1, -0.05) is 0 Å². The summed E-state index contributed by atoms with van der Waals surface area (Å²) in [6, 6.07) is 3.59. The van der Waals surface area contributed by atoms with Gasteiger partial charge in [-0.05, 0) is 34.8 Å². The van der Waals surface area contributed by atoms with Gasteiger partial charge >= 0.3 is 0 Å². The molecule has 1 fully saturated rings. The molecule has 1 aliphatic rings. The quantitative estimate of drug-likeness (QED) is 0.790. The Bertz CT molecular complexity index is 455. The van der Waals surface area contributed by atoms with E-state index in [2.05, 4.69) is 27.0 Å². The predicted octanol–water partition coefficient (Wildman–Crippen LogP) is 1.97. The second-order valence-corrected chi connectivity index (χ2v) is 4.59. The highest BCUT2D eigenvalue weighted by atomic mass is 79.9. The third-order valence-corrected chi connectivity index (χ3v) is 3.05. The van der Waals surface area contributed by atoms with Gasteiger partial charge in [-0.15, -0.1) is 0 Å². The SMILES string of the molecule is N#CC1CCCN1C(=O)c1cncc(Br)c1. The number of nitrogens with zero attached hydrogens (tertiary/aromatic N) is 3. The molecule has 0 spiro atoms. The Morgan fingerprint density at radius 3 is 3.12 bits per heavy atom. The lowest BCUT2D eigenvalue weighted by molar-refractivity contribution is 0.0764. The standard InChI is InChI=1S/C11H10BrN3O/c12-9-4-8(6-14-7-9)11(16)15-3-1-2-10(15)5-13/h4,6-7,10H,1-3H2. The van der Waals surface area contributed by atoms with E-state index in [1.807, 2.05) is 0 Å². The summed E-state index contributed by atoms with van der Waals surface area (Å²) in [5.41, 5.74) is 0.525. The van der Waals surface area contributed by atoms with Crippen LogP contribution in [0.2, 0.25) is 0 Å². The number of nitriles is 1. The van der Waals surface area contributed by atoms with E-state index < -0.39 is 0 Å². The van der Waals surface area contributed by atoms with Gasteiger partial charge in [0.25, 0.3) is 5.91 Å². The first-order valence-corrected chi connectivity index (χ1v) is 5.83. The zero-order chi connectivity index (χ0) is 11.5. The maximum Gasteiger partial charge on any atom is 0.256 e. The van der Waals surface area contributed by atoms with Gasteiger partial charge < -0.3 is 4.90 Å². The number of hydrogen-bond donors (Lipinski definition) is 0. The van der Waals surface area contributed by atoms with Crippen LogP contribution in [-0.2, 0) is 0 Å². The molecule has 0 bridgehead atoms. The first-order chi connectivity index (χ1) is 7.72. The maximum absolute atomic E-state index is 12.1. The Labute approximate surface area is 102 Å². The molecule has 1 amide bonds. The van der Waals surface area contributed by atoms with E-state index in [1.165, 1.54) is 6.20 Å². The van der Waals surface area contributed by atoms with Crippen LogP contribution in [0.5, 0.6) is 0 Å². The molecule has 0 N–H and O–H groups in total. The van der Waals surface area contributed by atoms with Crippen molar-refractivity contribution in [2.75, 3.05) is 6.54 Å². The average Bonchev–Trinajstić information content (AvgIpc) is 2.76. The van der Waals surface area contributed by atoms with Crippen molar-refractivity contribution in [3.05, 3.63) is 28.5 Å². The molecule has 16 heavy (non-hydrogen) atoms. The lowest BCUT2D eigenvalue weighted by Gasteiger charge is -2.19. The van der Waals surface area contributed by atoms with E-state index >= 15 is 0 Å². The van der Waals surface area contributed by atoms with E-state index in [0.29, 0.717) is 12.1 Å². The molecular weight excluding hydrogens is 270 g/mol. The molecule has 1 saturated heterocycles. The highest BCUT2D eigenvalue weighted by Gasteiger charge is 2.29. The lowest BCUT2D eigenvalue weighted by Crippen LogP contribution is -2.34. The van der Waals surface area contributed by atoms with Crippen molar-refractivity contribution in [1.82, 2.24) is 9.88 Å². The molecule has 4 nitrogen and oxygen atoms in total. The average molecular weight is 280 g/mol. The molecule has 82 valence electrons. The second-order valence-electron chi connectivity index (χ2n) is 3.68. The van der Waals surface area contributed by atoms with Crippen molar-refractivity contribution in [3.8, 4) is 6.07 Å². The predicted molar refractivity (Wildman–Crippen MR) is 61.6 cm³/mol. The molecule has 2 heterocycles. The Hall–Kier alpha value is -1.41. The van der Waals surface area contributed by atoms with Gasteiger partial charge in [-0.25, -0.2) is 0 Å². The minimum Gasteiger partial charge on any atom is -0.323 e. The number of pyridine rings is 1. The summed E-state index contributed by atoms with van der Waals surface area (Å²) in [5, 5.41) is 8.92. The third kappa shape index (κ3) is 2.07. The van der Waals surface area contributed by atoms with Crippen LogP contribution >= 0.6 is 15.9 Å². The minimum absolute atomic E-state index is 0.113. The molecular formula is C11H10BrN3O. The summed E-state index contributed by atoms with van der Waals surface area (Å²) in [6.45, 7) is 0.656. The van der Waals surface area contributed by atoms with Crippen LogP contribution in [0.3, 0.4) is 0 Å². The molecule has 2 rings (SSSR count). The zero-order valence-electron chi connectivity index (χ0n) is 8.56. The van der Waals surface area contributed by atoms with E-state index in [0.717, 1.165) is 17.3 Å². The third-order valence-electron chi connectivity index (χ3n) is 2.61. The van der Waals surface area contributed by atoms with Crippen LogP contribution in [0.25, 0.3) is 0 Å². The normalized spacial score (nSPS) is 19.5. The molecule has 0 radical (unpaired) electrons. The Morgan fingerprint density at radius 1 is 1.62 bits per heavy atom. The van der Waals surface area contributed by atoms with E-state index in [1.54, 1.807) is 17.2 Å². The van der Waals surface area contributed by atoms with Gasteiger partial charge in [0.05, 0.1) is 11.6 Å². The highest BCUT2D eigenvalue weighted by molar-refractivity contribution is 9.10. The summed E-state index contributed by atoms with van der Waals surface area (Å²) in [6.07, 6.45) is 4.82. The summed E-state index contributed by atoms with van der Waals surface area (Å²) in [4.78, 5) is 17.6. The fourth-order valence-electron chi connectivity index (χ4n) is 1.84. The second kappa shape index (κ2) is 4.62. The van der Waals surface area contributed by atoms with Crippen molar-refractivity contribution in [2.24, 2.45) is 0 Å². The number of carbonyl (C=O) groups is 1. The minimum atomic E-state index is -0.286. The van der Waals surface area contributed by atoms with Crippen LogP contribution in [0.1, 0.15) is 23.2 Å². The van der Waals surface area contributed by atoms with Crippen LogP contribution in [0.15, 0.2) is 22.9 Å². The molecule has 1 atom stereocenters. The number of aromatic nitrogens is 1. The molecule has 0 aliphatic carbocycles. The summed E-state index contributed by atoms with van der Waals surface area (Å²) < 4.78 is 0.769. The first-order valence-electron chi connectivity index (χ1n) is 5.03. The van der Waals surface area contributed by atoms with Crippen LogP contribution in [0.4, 0.5) is 0 Å². The van der Waals surface area contributed by atoms with E-state index in [4.69, 9.17) is 5.26 Å². The highest BCUT2D eigenvalue weighted by Crippen LogP contribution is 2.20. The molecule has 0 saturated carbocycles. The molecule has 1 aromatic rings. The number of carbonyl (C=O) groups excluding carboxylic acids is 1. The molecule has 0 aromatic carbocycles. The van der Waals surface area contributed by atoms with Gasteiger partial charge in [0.1, 0.15) is 6.04 Å². The summed E-state index contributed by atoms with van der Waals surface area (Å²) in [5.74, 6) is -0.113. The van der Waals surface area contributed by atoms with Crippen LogP contribution < -0.4 is 0 Å². The Morgan fingerprint density at radius 2 is 2.44 bits per heavy atom. The molecule has 1 aromatic heterocycles. The number of rotatable bonds is 1. The van der Waals surface area contributed by atoms with Crippen molar-refractivity contribution in [3.63, 3.8) is 0 Å². The smallest absolute Gasteiger partial charge is 0.256 e. The Kier molecular flexibility index (Phi) is 3.20. The van der Waals surface area contributed by atoms with Crippen molar-refractivity contribution in [2.45, 2.75) is 18.9 Å². The summed E-state index contributed by atoms with van der Waals surface area (Å²) >= 11 is 3.27. The molecule has 5 heteroatoms. The van der Waals surface area contributed by atoms with Gasteiger partial charge in [0.2, 0.25) is 0 Å². The fraction of sp³-hybridized carbons (Fsp3) is 0.364. The molecule has 1 unspecified atom stereocenters. The maximum atomic E-state index is 12.1. The summed E-state index contributed by atoms with van der Waals surface area (Å²) in [7, 11) is 0. The van der Waals surface area contributed by atoms with Gasteiger partial charge in [-0.2, -0.15) is 5.26 Å². The topological polar surface area (TPSA) is 57.0 Å². The van der Waals surface area contributed by atoms with Crippen molar-refractivity contribution < 1.29 is 4.79 Å². The van der Waals surface area contributed by atoms with E-state index in [9.17, 15) is 4.79 Å². The number of hydrogen-bond acceptors (Lipinski definition) is 3. The van der Waals surface area contributed by atoms with Gasteiger partial charge in [0, 0.05) is 23.4 Å². The number of amides is 1. The number of likely N-dealkylation sites (tertiary alicyclic amines) is 1. The van der Waals surface area contributed by atoms with Crippen LogP contribution in [0, 0.1) is 11.3 Å². The monoisotopic (exact) mass is 279 g/mol. The van der Waals surface area contributed by atoms with Gasteiger partial charge in [0.15, 0.2) is 0 Å². The zero-order valence-corrected chi connectivity index (χ0v) is 10.1. The van der Waals surface area contributed by atoms with Crippen LogP contribution in [-0.4, -0.2) is 28.4 Å². The Balaban J connectivity index is 2.23. The van der Waals surface area contributed by atoms with Crippen molar-refractivity contribution in [1.29, 1.82) is 5.26 Å². The fourth-order valence-corrected chi connectivity index (χ4v) is 2.20. The largest absolute Gasteiger partial charge is 0.323 e. The van der Waals surface area contributed by atoms with Gasteiger partial charge in [-0.3, -0.25) is 9.78 Å². The first kappa shape index (κ1) is 11.1. The lowest BCUT2D eigenvalue weighted by atomic mass is 10.2. The molecule has 1 aliphatic heterocycles. The van der Waals surface area contributed by atoms with Crippen molar-refractivity contribution >= 4 is 21.8 Å². The number of halogens is 1.